The zero-order valence-corrected chi connectivity index (χ0v) is 12.0. The fraction of sp³-hybridized carbons (Fsp3) is 0.714. The van der Waals surface area contributed by atoms with Gasteiger partial charge in [0.25, 0.3) is 0 Å². The van der Waals surface area contributed by atoms with Crippen LogP contribution < -0.4 is 5.32 Å². The van der Waals surface area contributed by atoms with Gasteiger partial charge in [-0.3, -0.25) is 0 Å². The van der Waals surface area contributed by atoms with Gasteiger partial charge in [-0.2, -0.15) is 0 Å². The van der Waals surface area contributed by atoms with E-state index in [9.17, 15) is 0 Å². The zero-order chi connectivity index (χ0) is 13.1. The van der Waals surface area contributed by atoms with Crippen molar-refractivity contribution in [1.82, 2.24) is 9.97 Å². The van der Waals surface area contributed by atoms with Gasteiger partial charge in [-0.15, -0.1) is 0 Å². The van der Waals surface area contributed by atoms with E-state index in [0.717, 1.165) is 30.3 Å². The van der Waals surface area contributed by atoms with E-state index in [1.807, 2.05) is 0 Å². The normalized spacial score (nSPS) is 11.9. The van der Waals surface area contributed by atoms with E-state index in [1.54, 1.807) is 0 Å². The van der Waals surface area contributed by atoms with Crippen LogP contribution in [0.4, 0.5) is 5.82 Å². The first-order valence-electron chi connectivity index (χ1n) is 6.45. The first-order valence-corrected chi connectivity index (χ1v) is 6.45. The lowest BCUT2D eigenvalue weighted by atomic mass is 9.95. The molecule has 1 aromatic heterocycles. The Morgan fingerprint density at radius 1 is 1.24 bits per heavy atom. The third kappa shape index (κ3) is 4.33. The molecule has 0 atom stereocenters. The smallest absolute Gasteiger partial charge is 0.136 e. The van der Waals surface area contributed by atoms with Crippen LogP contribution in [0.15, 0.2) is 6.07 Å². The predicted molar refractivity (Wildman–Crippen MR) is 73.4 cm³/mol. The third-order valence-electron chi connectivity index (χ3n) is 2.43. The van der Waals surface area contributed by atoms with E-state index in [1.165, 1.54) is 0 Å². The van der Waals surface area contributed by atoms with Crippen LogP contribution >= 0.6 is 0 Å². The Balaban J connectivity index is 3.09. The molecule has 0 amide bonds. The van der Waals surface area contributed by atoms with Crippen LogP contribution in [-0.4, -0.2) is 16.5 Å². The highest BCUT2D eigenvalue weighted by Gasteiger charge is 2.19. The van der Waals surface area contributed by atoms with Gasteiger partial charge < -0.3 is 5.32 Å². The van der Waals surface area contributed by atoms with Gasteiger partial charge >= 0.3 is 0 Å². The number of anilines is 1. The van der Waals surface area contributed by atoms with Crippen molar-refractivity contribution in [1.29, 1.82) is 0 Å². The summed E-state index contributed by atoms with van der Waals surface area (Å²) in [7, 11) is 0. The first kappa shape index (κ1) is 13.9. The van der Waals surface area contributed by atoms with E-state index >= 15 is 0 Å². The van der Waals surface area contributed by atoms with Crippen LogP contribution in [-0.2, 0) is 11.8 Å². The molecule has 1 N–H and O–H groups in total. The van der Waals surface area contributed by atoms with Gasteiger partial charge in [-0.25, -0.2) is 9.97 Å². The van der Waals surface area contributed by atoms with Gasteiger partial charge in [-0.1, -0.05) is 34.6 Å². The number of nitrogens with one attached hydrogen (secondary N) is 1. The summed E-state index contributed by atoms with van der Waals surface area (Å²) in [5.74, 6) is 2.49. The molecule has 0 fully saturated rings. The SMILES string of the molecule is CCNc1cc(CC(C)C)nc(C(C)(C)C)n1. The molecule has 0 spiro atoms. The van der Waals surface area contributed by atoms with Crippen LogP contribution in [0.1, 0.15) is 53.1 Å². The fourth-order valence-electron chi connectivity index (χ4n) is 1.63. The van der Waals surface area contributed by atoms with Crippen molar-refractivity contribution in [2.75, 3.05) is 11.9 Å². The van der Waals surface area contributed by atoms with E-state index in [2.05, 4.69) is 62.9 Å². The molecule has 0 aliphatic heterocycles. The summed E-state index contributed by atoms with van der Waals surface area (Å²) in [4.78, 5) is 9.26. The van der Waals surface area contributed by atoms with E-state index in [0.29, 0.717) is 5.92 Å². The lowest BCUT2D eigenvalue weighted by Crippen LogP contribution is -2.19. The number of rotatable bonds is 4. The summed E-state index contributed by atoms with van der Waals surface area (Å²) in [5.41, 5.74) is 1.13. The van der Waals surface area contributed by atoms with Crippen molar-refractivity contribution in [2.45, 2.75) is 53.4 Å². The van der Waals surface area contributed by atoms with E-state index in [-0.39, 0.29) is 5.41 Å². The monoisotopic (exact) mass is 235 g/mol. The fourth-order valence-corrected chi connectivity index (χ4v) is 1.63. The minimum atomic E-state index is -0.00282. The van der Waals surface area contributed by atoms with Crippen LogP contribution in [0.2, 0.25) is 0 Å². The summed E-state index contributed by atoms with van der Waals surface area (Å²) in [5, 5.41) is 3.28. The minimum Gasteiger partial charge on any atom is -0.370 e. The average Bonchev–Trinajstić information content (AvgIpc) is 2.15. The molecule has 1 heterocycles. The van der Waals surface area contributed by atoms with Crippen LogP contribution in [0.3, 0.4) is 0 Å². The quantitative estimate of drug-likeness (QED) is 0.869. The molecule has 17 heavy (non-hydrogen) atoms. The second-order valence-electron chi connectivity index (χ2n) is 5.95. The maximum Gasteiger partial charge on any atom is 0.136 e. The van der Waals surface area contributed by atoms with Crippen LogP contribution in [0, 0.1) is 5.92 Å². The Morgan fingerprint density at radius 3 is 2.35 bits per heavy atom. The molecule has 0 aromatic carbocycles. The van der Waals surface area contributed by atoms with Crippen molar-refractivity contribution in [3.8, 4) is 0 Å². The summed E-state index contributed by atoms with van der Waals surface area (Å²) in [6.45, 7) is 13.9. The molecule has 3 nitrogen and oxygen atoms in total. The molecule has 0 radical (unpaired) electrons. The average molecular weight is 235 g/mol. The second-order valence-corrected chi connectivity index (χ2v) is 5.95. The van der Waals surface area contributed by atoms with Crippen molar-refractivity contribution in [2.24, 2.45) is 5.92 Å². The number of hydrogen-bond donors (Lipinski definition) is 1. The maximum absolute atomic E-state index is 4.68. The highest BCUT2D eigenvalue weighted by molar-refractivity contribution is 5.37. The molecular weight excluding hydrogens is 210 g/mol. The lowest BCUT2D eigenvalue weighted by Gasteiger charge is -2.19. The van der Waals surface area contributed by atoms with Gasteiger partial charge in [0, 0.05) is 23.7 Å². The summed E-state index contributed by atoms with van der Waals surface area (Å²) >= 11 is 0. The van der Waals surface area contributed by atoms with Gasteiger partial charge in [-0.05, 0) is 19.3 Å². The van der Waals surface area contributed by atoms with Gasteiger partial charge in [0.2, 0.25) is 0 Å². The Labute approximate surface area is 105 Å². The Morgan fingerprint density at radius 2 is 1.88 bits per heavy atom. The summed E-state index contributed by atoms with van der Waals surface area (Å²) in [6.07, 6.45) is 1.00. The van der Waals surface area contributed by atoms with Crippen LogP contribution in [0.25, 0.3) is 0 Å². The highest BCUT2D eigenvalue weighted by atomic mass is 15.0. The summed E-state index contributed by atoms with van der Waals surface area (Å²) < 4.78 is 0. The van der Waals surface area contributed by atoms with Crippen LogP contribution in [0.5, 0.6) is 0 Å². The molecule has 1 rings (SSSR count). The Hall–Kier alpha value is -1.12. The van der Waals surface area contributed by atoms with Crippen molar-refractivity contribution in [3.05, 3.63) is 17.6 Å². The topological polar surface area (TPSA) is 37.8 Å². The van der Waals surface area contributed by atoms with Gasteiger partial charge in [0.15, 0.2) is 0 Å². The highest BCUT2D eigenvalue weighted by Crippen LogP contribution is 2.21. The van der Waals surface area contributed by atoms with Crippen molar-refractivity contribution >= 4 is 5.82 Å². The number of aromatic nitrogens is 2. The van der Waals surface area contributed by atoms with E-state index < -0.39 is 0 Å². The molecule has 0 unspecified atom stereocenters. The van der Waals surface area contributed by atoms with E-state index in [4.69, 9.17) is 0 Å². The molecule has 96 valence electrons. The molecular formula is C14H25N3. The number of nitrogens with zero attached hydrogens (tertiary/aromatic N) is 2. The van der Waals surface area contributed by atoms with Gasteiger partial charge in [0.05, 0.1) is 0 Å². The summed E-state index contributed by atoms with van der Waals surface area (Å²) in [6, 6.07) is 2.07. The van der Waals surface area contributed by atoms with Gasteiger partial charge in [0.1, 0.15) is 11.6 Å². The minimum absolute atomic E-state index is 0.00282. The van der Waals surface area contributed by atoms with Crippen molar-refractivity contribution in [3.63, 3.8) is 0 Å². The van der Waals surface area contributed by atoms with Crippen molar-refractivity contribution < 1.29 is 0 Å². The molecule has 0 saturated carbocycles. The molecule has 1 aromatic rings. The Bertz CT molecular complexity index is 364. The standard InChI is InChI=1S/C14H25N3/c1-7-15-12-9-11(8-10(2)3)16-13(17-12)14(4,5)6/h9-10H,7-8H2,1-6H3,(H,15,16,17). The first-order chi connectivity index (χ1) is 7.82. The molecule has 0 aliphatic rings. The predicted octanol–water partition coefficient (Wildman–Crippen LogP) is 3.40. The molecule has 0 aliphatic carbocycles. The maximum atomic E-state index is 4.68. The third-order valence-corrected chi connectivity index (χ3v) is 2.43. The largest absolute Gasteiger partial charge is 0.370 e. The Kier molecular flexibility index (Phi) is 4.49. The lowest BCUT2D eigenvalue weighted by molar-refractivity contribution is 0.536. The molecule has 0 bridgehead atoms. The molecule has 3 heteroatoms. The number of hydrogen-bond acceptors (Lipinski definition) is 3. The second kappa shape index (κ2) is 5.48. The zero-order valence-electron chi connectivity index (χ0n) is 12.0. The molecule has 0 saturated heterocycles.